The average Bonchev–Trinajstić information content (AvgIpc) is 2.46. The summed E-state index contributed by atoms with van der Waals surface area (Å²) in [4.78, 5) is 11.2. The van der Waals surface area contributed by atoms with Crippen LogP contribution >= 0.6 is 0 Å². The lowest BCUT2D eigenvalue weighted by atomic mass is 10.0. The molecule has 1 unspecified atom stereocenters. The zero-order valence-electron chi connectivity index (χ0n) is 11.8. The van der Waals surface area contributed by atoms with E-state index in [0.717, 1.165) is 24.6 Å². The van der Waals surface area contributed by atoms with Gasteiger partial charge in [0.2, 0.25) is 0 Å². The molecule has 1 aliphatic heterocycles. The number of piperidine rings is 1. The first-order chi connectivity index (χ1) is 9.22. The Morgan fingerprint density at radius 3 is 2.84 bits per heavy atom. The maximum absolute atomic E-state index is 5.43. The van der Waals surface area contributed by atoms with Gasteiger partial charge in [0.1, 0.15) is 17.5 Å². The minimum atomic E-state index is 0.586. The highest BCUT2D eigenvalue weighted by Gasteiger charge is 2.18. The van der Waals surface area contributed by atoms with Crippen LogP contribution in [0.25, 0.3) is 0 Å². The number of likely N-dealkylation sites (N-methyl/N-ethyl adjacent to an activating group) is 1. The molecule has 0 aliphatic carbocycles. The van der Waals surface area contributed by atoms with Gasteiger partial charge >= 0.3 is 0 Å². The summed E-state index contributed by atoms with van der Waals surface area (Å²) < 4.78 is 0. The topological polar surface area (TPSA) is 79.1 Å². The van der Waals surface area contributed by atoms with Gasteiger partial charge in [-0.2, -0.15) is 0 Å². The number of aromatic nitrogens is 2. The van der Waals surface area contributed by atoms with Gasteiger partial charge < -0.3 is 15.6 Å². The fourth-order valence-corrected chi connectivity index (χ4v) is 2.44. The molecule has 0 spiro atoms. The molecule has 19 heavy (non-hydrogen) atoms. The number of anilines is 2. The molecule has 0 radical (unpaired) electrons. The first-order valence-electron chi connectivity index (χ1n) is 7.01. The summed E-state index contributed by atoms with van der Waals surface area (Å²) in [5.41, 5.74) is 2.59. The van der Waals surface area contributed by atoms with Crippen LogP contribution in [0.3, 0.4) is 0 Å². The Kier molecular flexibility index (Phi) is 4.93. The maximum Gasteiger partial charge on any atom is 0.145 e. The Bertz CT molecular complexity index is 386. The second kappa shape index (κ2) is 6.68. The molecule has 6 heteroatoms. The maximum atomic E-state index is 5.43. The number of aryl methyl sites for hydroxylation is 1. The molecule has 1 aliphatic rings. The molecule has 4 N–H and O–H groups in total. The van der Waals surface area contributed by atoms with Crippen LogP contribution < -0.4 is 16.6 Å². The van der Waals surface area contributed by atoms with Crippen LogP contribution in [0.15, 0.2) is 6.07 Å². The fourth-order valence-electron chi connectivity index (χ4n) is 2.44. The second-order valence-electron chi connectivity index (χ2n) is 5.06. The van der Waals surface area contributed by atoms with Gasteiger partial charge in [-0.05, 0) is 26.4 Å². The number of nitrogen functional groups attached to an aromatic ring is 1. The van der Waals surface area contributed by atoms with Gasteiger partial charge in [-0.1, -0.05) is 13.3 Å². The summed E-state index contributed by atoms with van der Waals surface area (Å²) in [5, 5.41) is 3.41. The van der Waals surface area contributed by atoms with Gasteiger partial charge in [-0.15, -0.1) is 0 Å². The van der Waals surface area contributed by atoms with Gasteiger partial charge in [-0.3, -0.25) is 0 Å². The number of nitrogens with one attached hydrogen (secondary N) is 2. The van der Waals surface area contributed by atoms with Crippen molar-refractivity contribution in [3.63, 3.8) is 0 Å². The summed E-state index contributed by atoms with van der Waals surface area (Å²) in [5.74, 6) is 7.73. The van der Waals surface area contributed by atoms with E-state index < -0.39 is 0 Å². The first-order valence-corrected chi connectivity index (χ1v) is 7.01. The summed E-state index contributed by atoms with van der Waals surface area (Å²) in [6, 6.07) is 2.44. The van der Waals surface area contributed by atoms with Crippen LogP contribution in [0.2, 0.25) is 0 Å². The van der Waals surface area contributed by atoms with Crippen molar-refractivity contribution in [2.24, 2.45) is 5.84 Å². The number of hydrogen-bond donors (Lipinski definition) is 3. The van der Waals surface area contributed by atoms with Crippen molar-refractivity contribution in [3.8, 4) is 0 Å². The van der Waals surface area contributed by atoms with E-state index in [4.69, 9.17) is 5.84 Å². The Hall–Kier alpha value is -1.40. The average molecular weight is 264 g/mol. The van der Waals surface area contributed by atoms with E-state index in [0.29, 0.717) is 11.9 Å². The van der Waals surface area contributed by atoms with Crippen molar-refractivity contribution in [2.75, 3.05) is 30.9 Å². The van der Waals surface area contributed by atoms with Crippen molar-refractivity contribution in [3.05, 3.63) is 11.9 Å². The van der Waals surface area contributed by atoms with E-state index in [-0.39, 0.29) is 0 Å². The van der Waals surface area contributed by atoms with Gasteiger partial charge in [-0.25, -0.2) is 15.8 Å². The predicted octanol–water partition coefficient (Wildman–Crippen LogP) is 1.22. The molecule has 0 saturated carbocycles. The van der Waals surface area contributed by atoms with Gasteiger partial charge in [0.15, 0.2) is 0 Å². The molecule has 0 bridgehead atoms. The number of nitrogens with two attached hydrogens (primary N) is 1. The Labute approximate surface area is 114 Å². The highest BCUT2D eigenvalue weighted by Crippen LogP contribution is 2.16. The Balaban J connectivity index is 1.98. The zero-order valence-corrected chi connectivity index (χ0v) is 11.8. The van der Waals surface area contributed by atoms with Crippen LogP contribution in [0.4, 0.5) is 11.6 Å². The number of nitrogens with zero attached hydrogens (tertiary/aromatic N) is 3. The molecule has 2 rings (SSSR count). The first kappa shape index (κ1) is 14.0. The largest absolute Gasteiger partial charge is 0.368 e. The molecule has 0 aromatic carbocycles. The van der Waals surface area contributed by atoms with Crippen molar-refractivity contribution in [1.82, 2.24) is 14.9 Å². The van der Waals surface area contributed by atoms with E-state index in [1.807, 2.05) is 13.0 Å². The summed E-state index contributed by atoms with van der Waals surface area (Å²) in [6.45, 7) is 4.14. The second-order valence-corrected chi connectivity index (χ2v) is 5.06. The molecular formula is C13H24N6. The van der Waals surface area contributed by atoms with Gasteiger partial charge in [0, 0.05) is 25.1 Å². The Morgan fingerprint density at radius 1 is 1.37 bits per heavy atom. The molecule has 1 fully saturated rings. The SMILES string of the molecule is CCc1nc(NN)cc(NCC2CCCCN2C)n1. The number of rotatable bonds is 5. The third kappa shape index (κ3) is 3.78. The van der Waals surface area contributed by atoms with Crippen molar-refractivity contribution in [1.29, 1.82) is 0 Å². The van der Waals surface area contributed by atoms with E-state index >= 15 is 0 Å². The standard InChI is InChI=1S/C13H24N6/c1-3-11-16-12(8-13(17-11)18-14)15-9-10-6-4-5-7-19(10)2/h8,10H,3-7,9,14H2,1-2H3,(H2,15,16,17,18). The number of likely N-dealkylation sites (tertiary alicyclic amines) is 1. The molecule has 2 heterocycles. The van der Waals surface area contributed by atoms with Crippen LogP contribution in [0.1, 0.15) is 32.0 Å². The molecule has 6 nitrogen and oxygen atoms in total. The quantitative estimate of drug-likeness (QED) is 0.548. The minimum Gasteiger partial charge on any atom is -0.368 e. The molecule has 1 aromatic rings. The molecule has 106 valence electrons. The smallest absolute Gasteiger partial charge is 0.145 e. The highest BCUT2D eigenvalue weighted by atomic mass is 15.3. The number of hydrogen-bond acceptors (Lipinski definition) is 6. The van der Waals surface area contributed by atoms with Crippen LogP contribution in [0, 0.1) is 0 Å². The lowest BCUT2D eigenvalue weighted by Gasteiger charge is -2.32. The molecule has 1 atom stereocenters. The van der Waals surface area contributed by atoms with Crippen molar-refractivity contribution >= 4 is 11.6 Å². The summed E-state index contributed by atoms with van der Waals surface area (Å²) in [6.07, 6.45) is 4.67. The van der Waals surface area contributed by atoms with Crippen LogP contribution in [0.5, 0.6) is 0 Å². The van der Waals surface area contributed by atoms with Gasteiger partial charge in [0.25, 0.3) is 0 Å². The highest BCUT2D eigenvalue weighted by molar-refractivity contribution is 5.46. The normalized spacial score (nSPS) is 20.3. The van der Waals surface area contributed by atoms with Crippen molar-refractivity contribution in [2.45, 2.75) is 38.6 Å². The molecular weight excluding hydrogens is 240 g/mol. The van der Waals surface area contributed by atoms with Gasteiger partial charge in [0.05, 0.1) is 0 Å². The Morgan fingerprint density at radius 2 is 2.16 bits per heavy atom. The van der Waals surface area contributed by atoms with Crippen molar-refractivity contribution < 1.29 is 0 Å². The molecule has 0 amide bonds. The summed E-state index contributed by atoms with van der Waals surface area (Å²) >= 11 is 0. The minimum absolute atomic E-state index is 0.586. The van der Waals surface area contributed by atoms with Crippen LogP contribution in [-0.4, -0.2) is 41.0 Å². The van der Waals surface area contributed by atoms with E-state index in [2.05, 4.69) is 32.7 Å². The molecule has 1 aromatic heterocycles. The van der Waals surface area contributed by atoms with E-state index in [1.165, 1.54) is 25.8 Å². The predicted molar refractivity (Wildman–Crippen MR) is 78.0 cm³/mol. The van der Waals surface area contributed by atoms with E-state index in [1.54, 1.807) is 0 Å². The molecule has 1 saturated heterocycles. The van der Waals surface area contributed by atoms with Crippen LogP contribution in [-0.2, 0) is 6.42 Å². The monoisotopic (exact) mass is 264 g/mol. The van der Waals surface area contributed by atoms with E-state index in [9.17, 15) is 0 Å². The zero-order chi connectivity index (χ0) is 13.7. The fraction of sp³-hybridized carbons (Fsp3) is 0.692. The summed E-state index contributed by atoms with van der Waals surface area (Å²) in [7, 11) is 2.19. The lowest BCUT2D eigenvalue weighted by Crippen LogP contribution is -2.40. The third-order valence-corrected chi connectivity index (χ3v) is 3.68. The number of hydrazine groups is 1. The lowest BCUT2D eigenvalue weighted by molar-refractivity contribution is 0.194. The third-order valence-electron chi connectivity index (χ3n) is 3.68.